The number of rotatable bonds is 2. The number of amides is 1. The zero-order chi connectivity index (χ0) is 20.7. The summed E-state index contributed by atoms with van der Waals surface area (Å²) in [6.45, 7) is 5.40. The smallest absolute Gasteiger partial charge is 0.410 e. The molecule has 1 N–H and O–H groups in total. The van der Waals surface area contributed by atoms with Gasteiger partial charge in [-0.05, 0) is 40.5 Å². The lowest BCUT2D eigenvalue weighted by molar-refractivity contribution is -0.241. The Bertz CT molecular complexity index is 582. The standard InChI is InChI=1S/C17H27F3N2O5/c1-14(2,3)26-13(25)22-7-5-16(6-8-22)10-21(11-17(18,19)20)9-15(4,27-16)12(23)24/h5-11H2,1-4H3,(H,23,24). The van der Waals surface area contributed by atoms with Crippen molar-refractivity contribution < 1.29 is 37.3 Å². The molecule has 2 aliphatic rings. The summed E-state index contributed by atoms with van der Waals surface area (Å²) < 4.78 is 49.8. The van der Waals surface area contributed by atoms with Gasteiger partial charge in [0.15, 0.2) is 5.60 Å². The van der Waals surface area contributed by atoms with Crippen LogP contribution in [0.3, 0.4) is 0 Å². The number of nitrogens with zero attached hydrogens (tertiary/aromatic N) is 2. The quantitative estimate of drug-likeness (QED) is 0.773. The molecular formula is C17H27F3N2O5. The highest BCUT2D eigenvalue weighted by Crippen LogP contribution is 2.38. The number of carbonyl (C=O) groups excluding carboxylic acids is 1. The number of aliphatic carboxylic acids is 1. The minimum absolute atomic E-state index is 0.0302. The van der Waals surface area contributed by atoms with Crippen molar-refractivity contribution in [1.82, 2.24) is 9.80 Å². The number of carboxylic acid groups (broad SMARTS) is 1. The SMILES string of the molecule is CC(C)(C)OC(=O)N1CCC2(CC1)CN(CC(F)(F)F)CC(C)(C(=O)O)O2. The summed E-state index contributed by atoms with van der Waals surface area (Å²) >= 11 is 0. The van der Waals surface area contributed by atoms with Crippen molar-refractivity contribution in [2.75, 3.05) is 32.7 Å². The highest BCUT2D eigenvalue weighted by Gasteiger charge is 2.53. The molecule has 0 bridgehead atoms. The molecule has 27 heavy (non-hydrogen) atoms. The summed E-state index contributed by atoms with van der Waals surface area (Å²) in [6, 6.07) is 0. The number of hydrogen-bond donors (Lipinski definition) is 1. The van der Waals surface area contributed by atoms with Gasteiger partial charge in [-0.15, -0.1) is 0 Å². The Hall–Kier alpha value is -1.55. The molecule has 0 aromatic carbocycles. The number of likely N-dealkylation sites (tertiary alicyclic amines) is 1. The summed E-state index contributed by atoms with van der Waals surface area (Å²) in [7, 11) is 0. The molecule has 0 radical (unpaired) electrons. The van der Waals surface area contributed by atoms with E-state index >= 15 is 0 Å². The maximum Gasteiger partial charge on any atom is 0.410 e. The molecule has 0 saturated carbocycles. The van der Waals surface area contributed by atoms with E-state index in [-0.39, 0.29) is 39.0 Å². The van der Waals surface area contributed by atoms with Crippen molar-refractivity contribution in [2.45, 2.75) is 63.5 Å². The number of carbonyl (C=O) groups is 2. The Kier molecular flexibility index (Phi) is 5.74. The molecule has 2 heterocycles. The van der Waals surface area contributed by atoms with Crippen molar-refractivity contribution in [2.24, 2.45) is 0 Å². The van der Waals surface area contributed by atoms with E-state index in [2.05, 4.69) is 0 Å². The third-order valence-electron chi connectivity index (χ3n) is 4.66. The molecule has 2 aliphatic heterocycles. The maximum absolute atomic E-state index is 12.9. The highest BCUT2D eigenvalue weighted by atomic mass is 19.4. The predicted octanol–water partition coefficient (Wildman–Crippen LogP) is 2.49. The second kappa shape index (κ2) is 7.12. The van der Waals surface area contributed by atoms with Crippen LogP contribution in [0.15, 0.2) is 0 Å². The fraction of sp³-hybridized carbons (Fsp3) is 0.882. The molecule has 2 fully saturated rings. The van der Waals surface area contributed by atoms with Crippen LogP contribution in [0.2, 0.25) is 0 Å². The van der Waals surface area contributed by atoms with Crippen LogP contribution in [0.5, 0.6) is 0 Å². The van der Waals surface area contributed by atoms with E-state index in [0.29, 0.717) is 0 Å². The van der Waals surface area contributed by atoms with Crippen molar-refractivity contribution in [3.63, 3.8) is 0 Å². The van der Waals surface area contributed by atoms with Gasteiger partial charge >= 0.3 is 18.2 Å². The van der Waals surface area contributed by atoms with Crippen molar-refractivity contribution >= 4 is 12.1 Å². The molecule has 2 saturated heterocycles. The zero-order valence-electron chi connectivity index (χ0n) is 16.1. The third-order valence-corrected chi connectivity index (χ3v) is 4.66. The fourth-order valence-corrected chi connectivity index (χ4v) is 3.59. The minimum Gasteiger partial charge on any atom is -0.479 e. The van der Waals surface area contributed by atoms with E-state index < -0.39 is 41.6 Å². The molecule has 156 valence electrons. The molecular weight excluding hydrogens is 369 g/mol. The number of ether oxygens (including phenoxy) is 2. The van der Waals surface area contributed by atoms with Crippen molar-refractivity contribution in [3.05, 3.63) is 0 Å². The van der Waals surface area contributed by atoms with Gasteiger partial charge in [0.1, 0.15) is 5.60 Å². The lowest BCUT2D eigenvalue weighted by Crippen LogP contribution is -2.66. The highest BCUT2D eigenvalue weighted by molar-refractivity contribution is 5.77. The topological polar surface area (TPSA) is 79.3 Å². The second-order valence-corrected chi connectivity index (χ2v) is 8.55. The van der Waals surface area contributed by atoms with Gasteiger partial charge in [0.2, 0.25) is 0 Å². The van der Waals surface area contributed by atoms with Gasteiger partial charge in [-0.2, -0.15) is 13.2 Å². The van der Waals surface area contributed by atoms with Gasteiger partial charge in [0, 0.05) is 26.2 Å². The normalized spacial score (nSPS) is 26.9. The van der Waals surface area contributed by atoms with Gasteiger partial charge < -0.3 is 19.5 Å². The van der Waals surface area contributed by atoms with Gasteiger partial charge in [0.05, 0.1) is 12.1 Å². The molecule has 1 unspecified atom stereocenters. The lowest BCUT2D eigenvalue weighted by Gasteiger charge is -2.52. The van der Waals surface area contributed by atoms with Gasteiger partial charge in [-0.25, -0.2) is 9.59 Å². The first-order valence-corrected chi connectivity index (χ1v) is 8.84. The molecule has 10 heteroatoms. The van der Waals surface area contributed by atoms with E-state index in [4.69, 9.17) is 9.47 Å². The second-order valence-electron chi connectivity index (χ2n) is 8.55. The van der Waals surface area contributed by atoms with Gasteiger partial charge in [-0.1, -0.05) is 0 Å². The minimum atomic E-state index is -4.44. The van der Waals surface area contributed by atoms with E-state index in [1.807, 2.05) is 0 Å². The number of carboxylic acids is 1. The van der Waals surface area contributed by atoms with Gasteiger partial charge in [0.25, 0.3) is 0 Å². The van der Waals surface area contributed by atoms with Crippen LogP contribution in [0.1, 0.15) is 40.5 Å². The average Bonchev–Trinajstić information content (AvgIpc) is 2.43. The van der Waals surface area contributed by atoms with Crippen LogP contribution in [-0.2, 0) is 14.3 Å². The Morgan fingerprint density at radius 1 is 1.15 bits per heavy atom. The number of halogens is 3. The summed E-state index contributed by atoms with van der Waals surface area (Å²) in [5.74, 6) is -1.30. The molecule has 0 aliphatic carbocycles. The average molecular weight is 396 g/mol. The third kappa shape index (κ3) is 5.71. The molecule has 0 aromatic heterocycles. The number of alkyl halides is 3. The monoisotopic (exact) mass is 396 g/mol. The Labute approximate surface area is 156 Å². The van der Waals surface area contributed by atoms with Crippen LogP contribution in [0.25, 0.3) is 0 Å². The van der Waals surface area contributed by atoms with Crippen LogP contribution in [0.4, 0.5) is 18.0 Å². The van der Waals surface area contributed by atoms with Crippen LogP contribution in [-0.4, -0.2) is 82.7 Å². The summed E-state index contributed by atoms with van der Waals surface area (Å²) in [6.07, 6.45) is -4.46. The molecule has 0 aromatic rings. The summed E-state index contributed by atoms with van der Waals surface area (Å²) in [5, 5.41) is 9.48. The van der Waals surface area contributed by atoms with E-state index in [9.17, 15) is 27.9 Å². The molecule has 2 rings (SSSR count). The van der Waals surface area contributed by atoms with Crippen LogP contribution < -0.4 is 0 Å². The largest absolute Gasteiger partial charge is 0.479 e. The first kappa shape index (κ1) is 21.7. The zero-order valence-corrected chi connectivity index (χ0v) is 16.1. The van der Waals surface area contributed by atoms with E-state index in [0.717, 1.165) is 4.90 Å². The Balaban J connectivity index is 2.11. The first-order valence-electron chi connectivity index (χ1n) is 8.84. The Morgan fingerprint density at radius 2 is 1.70 bits per heavy atom. The summed E-state index contributed by atoms with van der Waals surface area (Å²) in [4.78, 5) is 26.4. The maximum atomic E-state index is 12.9. The van der Waals surface area contributed by atoms with Crippen LogP contribution in [0, 0.1) is 0 Å². The van der Waals surface area contributed by atoms with E-state index in [1.54, 1.807) is 20.8 Å². The number of morpholine rings is 1. The van der Waals surface area contributed by atoms with Gasteiger partial charge in [-0.3, -0.25) is 4.90 Å². The van der Waals surface area contributed by atoms with E-state index in [1.165, 1.54) is 11.8 Å². The number of hydrogen-bond acceptors (Lipinski definition) is 5. The lowest BCUT2D eigenvalue weighted by atomic mass is 9.86. The molecule has 1 spiro atoms. The van der Waals surface area contributed by atoms with Crippen LogP contribution >= 0.6 is 0 Å². The molecule has 7 nitrogen and oxygen atoms in total. The van der Waals surface area contributed by atoms with Crippen molar-refractivity contribution in [1.29, 1.82) is 0 Å². The molecule has 1 amide bonds. The first-order chi connectivity index (χ1) is 12.1. The fourth-order valence-electron chi connectivity index (χ4n) is 3.59. The summed E-state index contributed by atoms with van der Waals surface area (Å²) in [5.41, 5.74) is -3.44. The molecule has 1 atom stereocenters. The number of piperidine rings is 1. The predicted molar refractivity (Wildman–Crippen MR) is 89.4 cm³/mol. The van der Waals surface area contributed by atoms with Crippen molar-refractivity contribution in [3.8, 4) is 0 Å². The Morgan fingerprint density at radius 3 is 2.15 bits per heavy atom.